The second-order valence-corrected chi connectivity index (χ2v) is 7.31. The predicted molar refractivity (Wildman–Crippen MR) is 111 cm³/mol. The molecule has 1 heterocycles. The van der Waals surface area contributed by atoms with Gasteiger partial charge in [0, 0.05) is 35.6 Å². The van der Waals surface area contributed by atoms with Crippen LogP contribution in [-0.2, 0) is 0 Å². The molecule has 2 aromatic rings. The molecule has 6 nitrogen and oxygen atoms in total. The van der Waals surface area contributed by atoms with E-state index in [2.05, 4.69) is 5.32 Å². The fraction of sp³-hybridized carbons (Fsp3) is 0.150. The van der Waals surface area contributed by atoms with Crippen LogP contribution in [0.25, 0.3) is 5.70 Å². The number of halogens is 1. The Hall–Kier alpha value is -2.77. The second-order valence-electron chi connectivity index (χ2n) is 5.99. The van der Waals surface area contributed by atoms with E-state index < -0.39 is 4.92 Å². The van der Waals surface area contributed by atoms with Gasteiger partial charge in [0.1, 0.15) is 17.0 Å². The van der Waals surface area contributed by atoms with Crippen molar-refractivity contribution in [2.75, 3.05) is 0 Å². The van der Waals surface area contributed by atoms with Gasteiger partial charge >= 0.3 is 0 Å². The van der Waals surface area contributed by atoms with Gasteiger partial charge in [-0.3, -0.25) is 14.9 Å². The zero-order valence-electron chi connectivity index (χ0n) is 15.0. The van der Waals surface area contributed by atoms with Gasteiger partial charge in [0.25, 0.3) is 5.69 Å². The highest BCUT2D eigenvalue weighted by molar-refractivity contribution is 8.06. The number of carbonyl (C=O) groups excluding carboxylic acids is 1. The van der Waals surface area contributed by atoms with Crippen LogP contribution in [0.2, 0.25) is 5.02 Å². The minimum absolute atomic E-state index is 0.0161. The molecule has 0 saturated heterocycles. The van der Waals surface area contributed by atoms with Crippen LogP contribution in [0.1, 0.15) is 35.7 Å². The van der Waals surface area contributed by atoms with Crippen molar-refractivity contribution in [2.24, 2.45) is 0 Å². The van der Waals surface area contributed by atoms with Crippen molar-refractivity contribution >= 4 is 40.5 Å². The van der Waals surface area contributed by atoms with Gasteiger partial charge in [-0.1, -0.05) is 30.3 Å². The number of thioether (sulfide) groups is 1. The van der Waals surface area contributed by atoms with E-state index in [4.69, 9.17) is 16.3 Å². The van der Waals surface area contributed by atoms with Gasteiger partial charge in [0.15, 0.2) is 5.78 Å². The van der Waals surface area contributed by atoms with Crippen LogP contribution in [0.3, 0.4) is 0 Å². The number of ketones is 1. The molecule has 2 aromatic carbocycles. The number of benzene rings is 2. The van der Waals surface area contributed by atoms with Crippen LogP contribution in [-0.4, -0.2) is 10.7 Å². The van der Waals surface area contributed by atoms with Gasteiger partial charge in [-0.25, -0.2) is 0 Å². The van der Waals surface area contributed by atoms with E-state index in [1.807, 2.05) is 12.3 Å². The lowest BCUT2D eigenvalue weighted by Crippen LogP contribution is -2.05. The predicted octanol–water partition coefficient (Wildman–Crippen LogP) is 5.74. The molecule has 0 aromatic heterocycles. The first-order valence-corrected chi connectivity index (χ1v) is 9.82. The third-order valence-corrected chi connectivity index (χ3v) is 5.09. The average Bonchev–Trinajstić information content (AvgIpc) is 3.15. The van der Waals surface area contributed by atoms with Crippen LogP contribution in [0.5, 0.6) is 5.75 Å². The molecule has 8 heteroatoms. The summed E-state index contributed by atoms with van der Waals surface area (Å²) in [5.74, 6) is 0.541. The summed E-state index contributed by atoms with van der Waals surface area (Å²) in [5.41, 5.74) is 2.21. The van der Waals surface area contributed by atoms with Gasteiger partial charge in [0.2, 0.25) is 0 Å². The monoisotopic (exact) mass is 416 g/mol. The highest BCUT2D eigenvalue weighted by Crippen LogP contribution is 2.31. The number of rotatable bonds is 7. The Morgan fingerprint density at radius 1 is 1.29 bits per heavy atom. The lowest BCUT2D eigenvalue weighted by molar-refractivity contribution is -0.384. The number of nitro benzene ring substituents is 1. The Morgan fingerprint density at radius 3 is 2.68 bits per heavy atom. The van der Waals surface area contributed by atoms with Crippen molar-refractivity contribution in [2.45, 2.75) is 19.8 Å². The number of hydrogen-bond acceptors (Lipinski definition) is 6. The summed E-state index contributed by atoms with van der Waals surface area (Å²) in [6.45, 7) is 1.95. The maximum atomic E-state index is 12.0. The van der Waals surface area contributed by atoms with Crippen LogP contribution >= 0.6 is 23.4 Å². The number of nitrogens with one attached hydrogen (secondary N) is 1. The Balaban J connectivity index is 1.63. The molecule has 0 atom stereocenters. The van der Waals surface area contributed by atoms with E-state index in [9.17, 15) is 14.9 Å². The maximum absolute atomic E-state index is 12.0. The Kier molecular flexibility index (Phi) is 6.38. The number of nitro groups is 1. The van der Waals surface area contributed by atoms with Crippen LogP contribution < -0.4 is 10.1 Å². The normalized spacial score (nSPS) is 14.5. The molecule has 0 unspecified atom stereocenters. The van der Waals surface area contributed by atoms with Crippen molar-refractivity contribution in [3.63, 3.8) is 0 Å². The molecule has 0 amide bonds. The van der Waals surface area contributed by atoms with Crippen molar-refractivity contribution in [1.82, 2.24) is 5.32 Å². The molecule has 0 spiro atoms. The molecule has 1 aliphatic heterocycles. The Morgan fingerprint density at radius 2 is 2.04 bits per heavy atom. The van der Waals surface area contributed by atoms with Crippen LogP contribution in [0.4, 0.5) is 5.69 Å². The van der Waals surface area contributed by atoms with E-state index in [0.717, 1.165) is 22.7 Å². The highest BCUT2D eigenvalue weighted by Gasteiger charge is 2.14. The van der Waals surface area contributed by atoms with Gasteiger partial charge in [-0.15, -0.1) is 0 Å². The summed E-state index contributed by atoms with van der Waals surface area (Å²) in [6, 6.07) is 11.3. The molecule has 1 N–H and O–H groups in total. The molecule has 0 bridgehead atoms. The third-order valence-electron chi connectivity index (χ3n) is 3.97. The number of hydrogen-bond donors (Lipinski definition) is 1. The number of nitrogens with zero attached hydrogens (tertiary/aromatic N) is 1. The van der Waals surface area contributed by atoms with Gasteiger partial charge in [-0.05, 0) is 36.2 Å². The lowest BCUT2D eigenvalue weighted by Gasteiger charge is -2.07. The van der Waals surface area contributed by atoms with Crippen molar-refractivity contribution in [3.8, 4) is 5.75 Å². The zero-order chi connectivity index (χ0) is 20.1. The summed E-state index contributed by atoms with van der Waals surface area (Å²) in [6.07, 6.45) is 2.78. The molecule has 0 radical (unpaired) electrons. The van der Waals surface area contributed by atoms with Crippen LogP contribution in [0, 0.1) is 10.1 Å². The summed E-state index contributed by atoms with van der Waals surface area (Å²) in [4.78, 5) is 22.3. The second kappa shape index (κ2) is 8.95. The summed E-state index contributed by atoms with van der Waals surface area (Å²) in [5, 5.41) is 17.0. The van der Waals surface area contributed by atoms with E-state index in [0.29, 0.717) is 22.8 Å². The third kappa shape index (κ3) is 4.74. The van der Waals surface area contributed by atoms with Gasteiger partial charge < -0.3 is 10.1 Å². The number of carbonyl (C=O) groups is 1. The molecular weight excluding hydrogens is 400 g/mol. The van der Waals surface area contributed by atoms with Crippen molar-refractivity contribution in [3.05, 3.63) is 85.4 Å². The molecule has 28 heavy (non-hydrogen) atoms. The van der Waals surface area contributed by atoms with Crippen LogP contribution in [0.15, 0.2) is 59.2 Å². The first kappa shape index (κ1) is 20.0. The molecule has 0 aliphatic carbocycles. The van der Waals surface area contributed by atoms with Gasteiger partial charge in [0.05, 0.1) is 15.6 Å². The summed E-state index contributed by atoms with van der Waals surface area (Å²) in [7, 11) is 0. The van der Waals surface area contributed by atoms with Crippen molar-refractivity contribution < 1.29 is 14.5 Å². The minimum Gasteiger partial charge on any atom is -0.462 e. The fourth-order valence-electron chi connectivity index (χ4n) is 2.55. The number of Topliss-reactive ketones (excluding diaryl/α,β-unsaturated/α-hetero) is 1. The molecule has 3 rings (SSSR count). The molecule has 0 saturated carbocycles. The largest absolute Gasteiger partial charge is 0.462 e. The Labute approximate surface area is 171 Å². The van der Waals surface area contributed by atoms with E-state index in [1.54, 1.807) is 36.6 Å². The lowest BCUT2D eigenvalue weighted by atomic mass is 10.1. The summed E-state index contributed by atoms with van der Waals surface area (Å²) < 4.78 is 5.64. The van der Waals surface area contributed by atoms with Gasteiger partial charge in [-0.2, -0.15) is 0 Å². The van der Waals surface area contributed by atoms with Crippen molar-refractivity contribution in [1.29, 1.82) is 0 Å². The maximum Gasteiger partial charge on any atom is 0.269 e. The number of non-ortho nitro benzene ring substituents is 1. The number of ether oxygens (including phenoxy) is 1. The van der Waals surface area contributed by atoms with E-state index in [1.165, 1.54) is 23.9 Å². The first-order valence-electron chi connectivity index (χ1n) is 8.56. The summed E-state index contributed by atoms with van der Waals surface area (Å²) >= 11 is 7.63. The first-order chi connectivity index (χ1) is 13.5. The minimum atomic E-state index is -0.430. The molecular formula is C20H17ClN2O4S. The smallest absolute Gasteiger partial charge is 0.269 e. The zero-order valence-corrected chi connectivity index (χ0v) is 16.5. The quantitative estimate of drug-likeness (QED) is 0.268. The Bertz CT molecular complexity index is 971. The molecule has 0 fully saturated rings. The average molecular weight is 417 g/mol. The van der Waals surface area contributed by atoms with E-state index >= 15 is 0 Å². The van der Waals surface area contributed by atoms with E-state index in [-0.39, 0.29) is 11.5 Å². The fourth-order valence-corrected chi connectivity index (χ4v) is 3.54. The highest BCUT2D eigenvalue weighted by atomic mass is 35.5. The molecule has 1 aliphatic rings. The topological polar surface area (TPSA) is 81.5 Å². The SMILES string of the molecule is CCCC(=O)c1ccc(OC=C2NC(c3ccc([N+](=O)[O-])cc3)=CS2)cc1Cl. The standard InChI is InChI=1S/C20H17ClN2O4S/c1-2-3-19(24)16-9-8-15(10-17(16)21)27-11-20-22-18(12-28-20)13-4-6-14(7-5-13)23(25)26/h4-12,22H,2-3H2,1H3. The molecule has 144 valence electrons.